The third kappa shape index (κ3) is 1.52. The minimum atomic E-state index is 0.486. The van der Waals surface area contributed by atoms with E-state index in [1.807, 2.05) is 6.92 Å². The molecule has 3 nitrogen and oxygen atoms in total. The van der Waals surface area contributed by atoms with Crippen LogP contribution in [-0.4, -0.2) is 16.5 Å². The van der Waals surface area contributed by atoms with Gasteiger partial charge in [-0.25, -0.2) is 9.97 Å². The van der Waals surface area contributed by atoms with Crippen molar-refractivity contribution in [2.75, 3.05) is 6.54 Å². The van der Waals surface area contributed by atoms with Crippen LogP contribution < -0.4 is 5.73 Å². The lowest BCUT2D eigenvalue weighted by Crippen LogP contribution is -2.21. The summed E-state index contributed by atoms with van der Waals surface area (Å²) in [6.07, 6.45) is 3.50. The second kappa shape index (κ2) is 3.65. The second-order valence-electron chi connectivity index (χ2n) is 4.04. The summed E-state index contributed by atoms with van der Waals surface area (Å²) in [4.78, 5) is 8.92. The fourth-order valence-corrected chi connectivity index (χ4v) is 2.41. The Bertz CT molecular complexity index is 347. The molecule has 2 N–H and O–H groups in total. The van der Waals surface area contributed by atoms with Crippen LogP contribution in [0.15, 0.2) is 0 Å². The molecule has 1 aliphatic rings. The Morgan fingerprint density at radius 2 is 2.14 bits per heavy atom. The van der Waals surface area contributed by atoms with Crippen molar-refractivity contribution >= 4 is 0 Å². The summed E-state index contributed by atoms with van der Waals surface area (Å²) in [5, 5.41) is 0. The van der Waals surface area contributed by atoms with Gasteiger partial charge < -0.3 is 5.73 Å². The van der Waals surface area contributed by atoms with Gasteiger partial charge in [0.05, 0.1) is 0 Å². The highest BCUT2D eigenvalue weighted by molar-refractivity contribution is 5.31. The van der Waals surface area contributed by atoms with E-state index in [4.69, 9.17) is 5.73 Å². The highest BCUT2D eigenvalue weighted by Gasteiger charge is 2.22. The first kappa shape index (κ1) is 9.59. The molecule has 0 spiro atoms. The zero-order valence-electron chi connectivity index (χ0n) is 8.88. The van der Waals surface area contributed by atoms with E-state index in [0.29, 0.717) is 5.92 Å². The molecule has 14 heavy (non-hydrogen) atoms. The molecule has 1 atom stereocenters. The number of hydrogen-bond acceptors (Lipinski definition) is 3. The summed E-state index contributed by atoms with van der Waals surface area (Å²) in [6.45, 7) is 4.75. The van der Waals surface area contributed by atoms with Gasteiger partial charge in [0.2, 0.25) is 0 Å². The molecule has 3 heteroatoms. The monoisotopic (exact) mass is 191 g/mol. The molecule has 0 saturated carbocycles. The molecule has 0 bridgehead atoms. The Morgan fingerprint density at radius 1 is 1.36 bits per heavy atom. The summed E-state index contributed by atoms with van der Waals surface area (Å²) >= 11 is 0. The van der Waals surface area contributed by atoms with Crippen molar-refractivity contribution in [1.82, 2.24) is 9.97 Å². The van der Waals surface area contributed by atoms with Crippen LogP contribution in [0.4, 0.5) is 0 Å². The fourth-order valence-electron chi connectivity index (χ4n) is 2.41. The SMILES string of the molecule is Cc1nc(C)c2c(n1)CCCC2CN. The quantitative estimate of drug-likeness (QED) is 0.731. The first-order valence-electron chi connectivity index (χ1n) is 5.26. The molecule has 0 aromatic carbocycles. The number of nitrogens with zero attached hydrogens (tertiary/aromatic N) is 2. The predicted octanol–water partition coefficient (Wildman–Crippen LogP) is 1.47. The van der Waals surface area contributed by atoms with Gasteiger partial charge in [0.25, 0.3) is 0 Å². The largest absolute Gasteiger partial charge is 0.330 e. The van der Waals surface area contributed by atoms with Crippen molar-refractivity contribution in [3.63, 3.8) is 0 Å². The van der Waals surface area contributed by atoms with Crippen molar-refractivity contribution in [3.05, 3.63) is 22.8 Å². The number of rotatable bonds is 1. The van der Waals surface area contributed by atoms with E-state index in [9.17, 15) is 0 Å². The smallest absolute Gasteiger partial charge is 0.125 e. The van der Waals surface area contributed by atoms with E-state index in [2.05, 4.69) is 16.9 Å². The Kier molecular flexibility index (Phi) is 2.50. The third-order valence-electron chi connectivity index (χ3n) is 2.99. The third-order valence-corrected chi connectivity index (χ3v) is 2.99. The molecular weight excluding hydrogens is 174 g/mol. The lowest BCUT2D eigenvalue weighted by molar-refractivity contribution is 0.541. The number of aryl methyl sites for hydroxylation is 3. The molecule has 76 valence electrons. The van der Waals surface area contributed by atoms with Crippen molar-refractivity contribution in [2.24, 2.45) is 5.73 Å². The maximum atomic E-state index is 5.77. The van der Waals surface area contributed by atoms with Crippen molar-refractivity contribution in [1.29, 1.82) is 0 Å². The van der Waals surface area contributed by atoms with Crippen LogP contribution in [-0.2, 0) is 6.42 Å². The van der Waals surface area contributed by atoms with Gasteiger partial charge >= 0.3 is 0 Å². The average Bonchev–Trinajstić information content (AvgIpc) is 2.16. The molecule has 1 heterocycles. The standard InChI is InChI=1S/C11H17N3/c1-7-11-9(6-12)4-3-5-10(11)14-8(2)13-7/h9H,3-6,12H2,1-2H3. The van der Waals surface area contributed by atoms with E-state index in [-0.39, 0.29) is 0 Å². The van der Waals surface area contributed by atoms with Gasteiger partial charge in [-0.1, -0.05) is 0 Å². The van der Waals surface area contributed by atoms with Crippen LogP contribution in [0.5, 0.6) is 0 Å². The van der Waals surface area contributed by atoms with E-state index < -0.39 is 0 Å². The van der Waals surface area contributed by atoms with Gasteiger partial charge in [-0.05, 0) is 51.1 Å². The van der Waals surface area contributed by atoms with E-state index in [1.54, 1.807) is 0 Å². The highest BCUT2D eigenvalue weighted by Crippen LogP contribution is 2.31. The molecule has 2 rings (SSSR count). The molecule has 0 radical (unpaired) electrons. The van der Waals surface area contributed by atoms with Crippen LogP contribution in [0.3, 0.4) is 0 Å². The minimum absolute atomic E-state index is 0.486. The summed E-state index contributed by atoms with van der Waals surface area (Å²) in [5.41, 5.74) is 9.45. The summed E-state index contributed by atoms with van der Waals surface area (Å²) in [7, 11) is 0. The lowest BCUT2D eigenvalue weighted by atomic mass is 9.85. The van der Waals surface area contributed by atoms with Gasteiger partial charge in [0.1, 0.15) is 5.82 Å². The molecule has 0 saturated heterocycles. The topological polar surface area (TPSA) is 51.8 Å². The highest BCUT2D eigenvalue weighted by atomic mass is 14.9. The fraction of sp³-hybridized carbons (Fsp3) is 0.636. The zero-order valence-corrected chi connectivity index (χ0v) is 8.88. The maximum Gasteiger partial charge on any atom is 0.125 e. The number of fused-ring (bicyclic) bond motifs is 1. The summed E-state index contributed by atoms with van der Waals surface area (Å²) in [5.74, 6) is 1.37. The number of nitrogens with two attached hydrogens (primary N) is 1. The minimum Gasteiger partial charge on any atom is -0.330 e. The first-order chi connectivity index (χ1) is 6.72. The van der Waals surface area contributed by atoms with Gasteiger partial charge in [-0.2, -0.15) is 0 Å². The average molecular weight is 191 g/mol. The normalized spacial score (nSPS) is 20.6. The Morgan fingerprint density at radius 3 is 2.86 bits per heavy atom. The van der Waals surface area contributed by atoms with Gasteiger partial charge in [0, 0.05) is 11.4 Å². The van der Waals surface area contributed by atoms with Crippen LogP contribution in [0, 0.1) is 13.8 Å². The molecule has 1 aromatic rings. The van der Waals surface area contributed by atoms with Crippen LogP contribution >= 0.6 is 0 Å². The Hall–Kier alpha value is -0.960. The maximum absolute atomic E-state index is 5.77. The summed E-state index contributed by atoms with van der Waals surface area (Å²) < 4.78 is 0. The van der Waals surface area contributed by atoms with Crippen LogP contribution in [0.1, 0.15) is 41.5 Å². The van der Waals surface area contributed by atoms with Crippen molar-refractivity contribution in [3.8, 4) is 0 Å². The van der Waals surface area contributed by atoms with Crippen LogP contribution in [0.25, 0.3) is 0 Å². The number of aromatic nitrogens is 2. The first-order valence-corrected chi connectivity index (χ1v) is 5.26. The number of hydrogen-bond donors (Lipinski definition) is 1. The molecule has 1 unspecified atom stereocenters. The molecular formula is C11H17N3. The second-order valence-corrected chi connectivity index (χ2v) is 4.04. The van der Waals surface area contributed by atoms with E-state index in [0.717, 1.165) is 24.5 Å². The van der Waals surface area contributed by atoms with Crippen molar-refractivity contribution in [2.45, 2.75) is 39.0 Å². The molecule has 0 amide bonds. The van der Waals surface area contributed by atoms with Crippen molar-refractivity contribution < 1.29 is 0 Å². The lowest BCUT2D eigenvalue weighted by Gasteiger charge is -2.25. The molecule has 0 aliphatic heterocycles. The summed E-state index contributed by atoms with van der Waals surface area (Å²) in [6, 6.07) is 0. The molecule has 1 aromatic heterocycles. The molecule has 0 fully saturated rings. The Labute approximate surface area is 84.8 Å². The van der Waals surface area contributed by atoms with Gasteiger partial charge in [-0.3, -0.25) is 0 Å². The predicted molar refractivity (Wildman–Crippen MR) is 56.2 cm³/mol. The Balaban J connectivity index is 2.51. The molecule has 1 aliphatic carbocycles. The zero-order chi connectivity index (χ0) is 10.1. The van der Waals surface area contributed by atoms with E-state index >= 15 is 0 Å². The van der Waals surface area contributed by atoms with Gasteiger partial charge in [-0.15, -0.1) is 0 Å². The van der Waals surface area contributed by atoms with E-state index in [1.165, 1.54) is 24.1 Å². The van der Waals surface area contributed by atoms with Gasteiger partial charge in [0.15, 0.2) is 0 Å². The van der Waals surface area contributed by atoms with Crippen LogP contribution in [0.2, 0.25) is 0 Å².